The lowest BCUT2D eigenvalue weighted by Gasteiger charge is -2.47. The number of benzene rings is 1. The van der Waals surface area contributed by atoms with Gasteiger partial charge in [-0.15, -0.1) is 0 Å². The van der Waals surface area contributed by atoms with Crippen LogP contribution in [0.2, 0.25) is 0 Å². The number of rotatable bonds is 4. The highest BCUT2D eigenvalue weighted by Gasteiger charge is 2.35. The molecule has 3 heteroatoms. The Hall–Kier alpha value is -1.22. The minimum absolute atomic E-state index is 0.134. The molecule has 0 amide bonds. The number of hydrogen-bond acceptors (Lipinski definition) is 3. The molecule has 1 atom stereocenters. The van der Waals surface area contributed by atoms with Crippen molar-refractivity contribution in [1.29, 1.82) is 0 Å². The quantitative estimate of drug-likeness (QED) is 0.906. The van der Waals surface area contributed by atoms with E-state index in [-0.39, 0.29) is 5.54 Å². The molecule has 2 N–H and O–H groups in total. The Balaban J connectivity index is 2.26. The molecule has 1 unspecified atom stereocenters. The lowest BCUT2D eigenvalue weighted by molar-refractivity contribution is 0.273. The zero-order valence-corrected chi connectivity index (χ0v) is 12.4. The van der Waals surface area contributed by atoms with E-state index in [4.69, 9.17) is 10.5 Å². The fourth-order valence-corrected chi connectivity index (χ4v) is 3.14. The molecule has 1 aliphatic rings. The number of nitrogens with zero attached hydrogens (tertiary/aromatic N) is 1. The van der Waals surface area contributed by atoms with Gasteiger partial charge in [-0.1, -0.05) is 12.1 Å². The standard InChI is InChI=1S/C16H26N2O/c1-4-19-15-8-6-5-7-14(15)18-10-9-13(12-17)11-16(18,2)3/h5-8,13H,4,9-12,17H2,1-3H3. The van der Waals surface area contributed by atoms with Gasteiger partial charge in [0, 0.05) is 12.1 Å². The molecular weight excluding hydrogens is 236 g/mol. The Bertz CT molecular complexity index is 417. The zero-order valence-electron chi connectivity index (χ0n) is 12.4. The van der Waals surface area contributed by atoms with Crippen LogP contribution in [0, 0.1) is 5.92 Å². The maximum absolute atomic E-state index is 5.84. The molecule has 1 heterocycles. The van der Waals surface area contributed by atoms with Crippen LogP contribution in [0.25, 0.3) is 0 Å². The highest BCUT2D eigenvalue weighted by atomic mass is 16.5. The Morgan fingerprint density at radius 2 is 2.11 bits per heavy atom. The van der Waals surface area contributed by atoms with Gasteiger partial charge < -0.3 is 15.4 Å². The first-order chi connectivity index (χ1) is 9.08. The monoisotopic (exact) mass is 262 g/mol. The van der Waals surface area contributed by atoms with Gasteiger partial charge in [0.1, 0.15) is 5.75 Å². The Morgan fingerprint density at radius 3 is 2.74 bits per heavy atom. The van der Waals surface area contributed by atoms with E-state index in [1.165, 1.54) is 12.1 Å². The smallest absolute Gasteiger partial charge is 0.142 e. The summed E-state index contributed by atoms with van der Waals surface area (Å²) in [6, 6.07) is 8.34. The van der Waals surface area contributed by atoms with Gasteiger partial charge >= 0.3 is 0 Å². The molecule has 106 valence electrons. The molecule has 0 aliphatic carbocycles. The van der Waals surface area contributed by atoms with Gasteiger partial charge in [0.05, 0.1) is 12.3 Å². The average Bonchev–Trinajstić information content (AvgIpc) is 2.39. The summed E-state index contributed by atoms with van der Waals surface area (Å²) in [6.45, 7) is 9.19. The minimum Gasteiger partial charge on any atom is -0.492 e. The zero-order chi connectivity index (χ0) is 13.9. The van der Waals surface area contributed by atoms with Crippen molar-refractivity contribution < 1.29 is 4.74 Å². The Kier molecular flexibility index (Phi) is 4.35. The second kappa shape index (κ2) is 5.83. The molecule has 1 saturated heterocycles. The van der Waals surface area contributed by atoms with Gasteiger partial charge in [0.25, 0.3) is 0 Å². The van der Waals surface area contributed by atoms with E-state index in [9.17, 15) is 0 Å². The molecule has 0 bridgehead atoms. The van der Waals surface area contributed by atoms with Gasteiger partial charge in [0.15, 0.2) is 0 Å². The van der Waals surface area contributed by atoms with Crippen molar-refractivity contribution in [2.24, 2.45) is 11.7 Å². The molecule has 0 radical (unpaired) electrons. The van der Waals surface area contributed by atoms with Crippen LogP contribution >= 0.6 is 0 Å². The number of anilines is 1. The van der Waals surface area contributed by atoms with Gasteiger partial charge in [0.2, 0.25) is 0 Å². The van der Waals surface area contributed by atoms with Gasteiger partial charge in [-0.25, -0.2) is 0 Å². The predicted octanol–water partition coefficient (Wildman–Crippen LogP) is 3.04. The van der Waals surface area contributed by atoms with Crippen LogP contribution in [0.5, 0.6) is 5.75 Å². The first kappa shape index (κ1) is 14.2. The molecule has 1 aromatic carbocycles. The molecule has 19 heavy (non-hydrogen) atoms. The summed E-state index contributed by atoms with van der Waals surface area (Å²) in [4.78, 5) is 2.48. The topological polar surface area (TPSA) is 38.5 Å². The summed E-state index contributed by atoms with van der Waals surface area (Å²) in [5.74, 6) is 1.63. The lowest BCUT2D eigenvalue weighted by atomic mass is 9.82. The summed E-state index contributed by atoms with van der Waals surface area (Å²) in [5, 5.41) is 0. The SMILES string of the molecule is CCOc1ccccc1N1CCC(CN)CC1(C)C. The number of piperidine rings is 1. The van der Waals surface area contributed by atoms with E-state index in [1.807, 2.05) is 13.0 Å². The van der Waals surface area contributed by atoms with E-state index in [2.05, 4.69) is 36.9 Å². The third kappa shape index (κ3) is 3.03. The van der Waals surface area contributed by atoms with Crippen LogP contribution in [0.15, 0.2) is 24.3 Å². The second-order valence-electron chi connectivity index (χ2n) is 5.96. The van der Waals surface area contributed by atoms with E-state index in [0.29, 0.717) is 12.5 Å². The third-order valence-electron chi connectivity index (χ3n) is 4.07. The minimum atomic E-state index is 0.134. The fraction of sp³-hybridized carbons (Fsp3) is 0.625. The van der Waals surface area contributed by atoms with Crippen LogP contribution in [0.1, 0.15) is 33.6 Å². The fourth-order valence-electron chi connectivity index (χ4n) is 3.14. The summed E-state index contributed by atoms with van der Waals surface area (Å²) in [5.41, 5.74) is 7.19. The molecule has 0 saturated carbocycles. The number of hydrogen-bond donors (Lipinski definition) is 1. The predicted molar refractivity (Wildman–Crippen MR) is 80.8 cm³/mol. The Morgan fingerprint density at radius 1 is 1.37 bits per heavy atom. The maximum atomic E-state index is 5.84. The molecular formula is C16H26N2O. The van der Waals surface area contributed by atoms with Crippen LogP contribution in [0.4, 0.5) is 5.69 Å². The molecule has 1 aromatic rings. The summed E-state index contributed by atoms with van der Waals surface area (Å²) in [6.07, 6.45) is 2.31. The van der Waals surface area contributed by atoms with E-state index >= 15 is 0 Å². The van der Waals surface area contributed by atoms with E-state index in [0.717, 1.165) is 25.3 Å². The molecule has 0 aromatic heterocycles. The first-order valence-corrected chi connectivity index (χ1v) is 7.28. The summed E-state index contributed by atoms with van der Waals surface area (Å²) in [7, 11) is 0. The summed E-state index contributed by atoms with van der Waals surface area (Å²) < 4.78 is 5.77. The van der Waals surface area contributed by atoms with Gasteiger partial charge in [-0.3, -0.25) is 0 Å². The highest BCUT2D eigenvalue weighted by Crippen LogP contribution is 2.39. The average molecular weight is 262 g/mol. The Labute approximate surface area is 116 Å². The number of ether oxygens (including phenoxy) is 1. The molecule has 1 aliphatic heterocycles. The molecule has 2 rings (SSSR count). The third-order valence-corrected chi connectivity index (χ3v) is 4.07. The molecule has 3 nitrogen and oxygen atoms in total. The van der Waals surface area contributed by atoms with Crippen molar-refractivity contribution in [3.8, 4) is 5.75 Å². The molecule has 1 fully saturated rings. The van der Waals surface area contributed by atoms with Gasteiger partial charge in [-0.05, 0) is 58.2 Å². The van der Waals surface area contributed by atoms with Crippen molar-refractivity contribution >= 4 is 5.69 Å². The van der Waals surface area contributed by atoms with Crippen molar-refractivity contribution in [2.75, 3.05) is 24.6 Å². The second-order valence-corrected chi connectivity index (χ2v) is 5.96. The largest absolute Gasteiger partial charge is 0.492 e. The van der Waals surface area contributed by atoms with Crippen molar-refractivity contribution in [2.45, 2.75) is 39.2 Å². The molecule has 0 spiro atoms. The van der Waals surface area contributed by atoms with Gasteiger partial charge in [-0.2, -0.15) is 0 Å². The van der Waals surface area contributed by atoms with Crippen LogP contribution in [-0.2, 0) is 0 Å². The van der Waals surface area contributed by atoms with Crippen molar-refractivity contribution in [3.63, 3.8) is 0 Å². The van der Waals surface area contributed by atoms with Crippen molar-refractivity contribution in [3.05, 3.63) is 24.3 Å². The number of para-hydroxylation sites is 2. The highest BCUT2D eigenvalue weighted by molar-refractivity contribution is 5.60. The lowest BCUT2D eigenvalue weighted by Crippen LogP contribution is -2.51. The first-order valence-electron chi connectivity index (χ1n) is 7.28. The van der Waals surface area contributed by atoms with Crippen LogP contribution in [-0.4, -0.2) is 25.2 Å². The maximum Gasteiger partial charge on any atom is 0.142 e. The van der Waals surface area contributed by atoms with E-state index < -0.39 is 0 Å². The van der Waals surface area contributed by atoms with Crippen LogP contribution in [0.3, 0.4) is 0 Å². The van der Waals surface area contributed by atoms with Crippen LogP contribution < -0.4 is 15.4 Å². The van der Waals surface area contributed by atoms with Crippen molar-refractivity contribution in [1.82, 2.24) is 0 Å². The normalized spacial score (nSPS) is 22.3. The van der Waals surface area contributed by atoms with E-state index in [1.54, 1.807) is 0 Å². The summed E-state index contributed by atoms with van der Waals surface area (Å²) >= 11 is 0. The number of nitrogens with two attached hydrogens (primary N) is 1.